The summed E-state index contributed by atoms with van der Waals surface area (Å²) in [7, 11) is 0. The zero-order chi connectivity index (χ0) is 18.5. The normalized spacial score (nSPS) is 14.4. The van der Waals surface area contributed by atoms with E-state index in [9.17, 15) is 9.59 Å². The van der Waals surface area contributed by atoms with Gasteiger partial charge in [-0.1, -0.05) is 35.9 Å². The highest BCUT2D eigenvalue weighted by atomic mass is 35.5. The van der Waals surface area contributed by atoms with Gasteiger partial charge in [0.15, 0.2) is 0 Å². The van der Waals surface area contributed by atoms with Crippen LogP contribution in [0.25, 0.3) is 0 Å². The van der Waals surface area contributed by atoms with E-state index in [0.717, 1.165) is 5.56 Å². The summed E-state index contributed by atoms with van der Waals surface area (Å²) >= 11 is 10.2. The molecule has 0 atom stereocenters. The SMILES string of the molecule is O=C(CCc1ccc(Cl)cc1)N1CCN(C(=O)c2ccccc2S)CC1. The predicted octanol–water partition coefficient (Wildman–Crippen LogP) is 3.55. The average Bonchev–Trinajstić information content (AvgIpc) is 2.67. The first kappa shape index (κ1) is 18.8. The van der Waals surface area contributed by atoms with Crippen molar-refractivity contribution in [2.45, 2.75) is 17.7 Å². The molecule has 0 N–H and O–H groups in total. The van der Waals surface area contributed by atoms with Gasteiger partial charge in [0.25, 0.3) is 5.91 Å². The van der Waals surface area contributed by atoms with Crippen molar-refractivity contribution in [3.63, 3.8) is 0 Å². The molecule has 1 aliphatic heterocycles. The van der Waals surface area contributed by atoms with Crippen LogP contribution in [-0.4, -0.2) is 47.8 Å². The van der Waals surface area contributed by atoms with Gasteiger partial charge in [0.2, 0.25) is 5.91 Å². The van der Waals surface area contributed by atoms with E-state index in [1.165, 1.54) is 0 Å². The highest BCUT2D eigenvalue weighted by Crippen LogP contribution is 2.17. The quantitative estimate of drug-likeness (QED) is 0.814. The number of aryl methyl sites for hydroxylation is 1. The number of rotatable bonds is 4. The first-order valence-electron chi connectivity index (χ1n) is 8.64. The lowest BCUT2D eigenvalue weighted by Gasteiger charge is -2.35. The number of nitrogens with zero attached hydrogens (tertiary/aromatic N) is 2. The van der Waals surface area contributed by atoms with E-state index in [2.05, 4.69) is 12.6 Å². The van der Waals surface area contributed by atoms with E-state index in [1.807, 2.05) is 47.4 Å². The van der Waals surface area contributed by atoms with Crippen molar-refractivity contribution in [3.8, 4) is 0 Å². The summed E-state index contributed by atoms with van der Waals surface area (Å²) in [5.41, 5.74) is 1.71. The van der Waals surface area contributed by atoms with Gasteiger partial charge in [0.1, 0.15) is 0 Å². The summed E-state index contributed by atoms with van der Waals surface area (Å²) in [6.07, 6.45) is 1.16. The first-order chi connectivity index (χ1) is 12.5. The van der Waals surface area contributed by atoms with Crippen LogP contribution >= 0.6 is 24.2 Å². The Hall–Kier alpha value is -1.98. The average molecular weight is 389 g/mol. The molecule has 4 nitrogen and oxygen atoms in total. The van der Waals surface area contributed by atoms with Crippen molar-refractivity contribution in [2.24, 2.45) is 0 Å². The summed E-state index contributed by atoms with van der Waals surface area (Å²) in [6, 6.07) is 14.9. The van der Waals surface area contributed by atoms with E-state index in [-0.39, 0.29) is 11.8 Å². The van der Waals surface area contributed by atoms with E-state index >= 15 is 0 Å². The van der Waals surface area contributed by atoms with Crippen LogP contribution < -0.4 is 0 Å². The van der Waals surface area contributed by atoms with Crippen LogP contribution in [0.4, 0.5) is 0 Å². The molecule has 6 heteroatoms. The third-order valence-corrected chi connectivity index (χ3v) is 5.24. The molecule has 0 unspecified atom stereocenters. The Kier molecular flexibility index (Phi) is 6.22. The molecule has 0 aromatic heterocycles. The predicted molar refractivity (Wildman–Crippen MR) is 106 cm³/mol. The Bertz CT molecular complexity index is 787. The molecule has 3 rings (SSSR count). The topological polar surface area (TPSA) is 40.6 Å². The second kappa shape index (κ2) is 8.60. The van der Waals surface area contributed by atoms with Crippen molar-refractivity contribution >= 4 is 36.0 Å². The van der Waals surface area contributed by atoms with Crippen LogP contribution in [0.2, 0.25) is 5.02 Å². The molecule has 1 saturated heterocycles. The molecule has 0 aliphatic carbocycles. The lowest BCUT2D eigenvalue weighted by atomic mass is 10.1. The Morgan fingerprint density at radius 1 is 0.923 bits per heavy atom. The number of amides is 2. The number of halogens is 1. The number of thiol groups is 1. The smallest absolute Gasteiger partial charge is 0.255 e. The molecule has 0 bridgehead atoms. The van der Waals surface area contributed by atoms with Crippen LogP contribution in [-0.2, 0) is 11.2 Å². The second-order valence-corrected chi connectivity index (χ2v) is 7.23. The second-order valence-electron chi connectivity index (χ2n) is 6.32. The third-order valence-electron chi connectivity index (χ3n) is 4.59. The Balaban J connectivity index is 1.50. The van der Waals surface area contributed by atoms with Crippen LogP contribution in [0.5, 0.6) is 0 Å². The highest BCUT2D eigenvalue weighted by Gasteiger charge is 2.25. The van der Waals surface area contributed by atoms with Crippen molar-refractivity contribution in [1.29, 1.82) is 0 Å². The maximum absolute atomic E-state index is 12.6. The minimum atomic E-state index is -0.0242. The van der Waals surface area contributed by atoms with E-state index in [4.69, 9.17) is 11.6 Å². The molecular weight excluding hydrogens is 368 g/mol. The maximum Gasteiger partial charge on any atom is 0.255 e. The summed E-state index contributed by atoms with van der Waals surface area (Å²) in [6.45, 7) is 2.24. The fourth-order valence-corrected chi connectivity index (χ4v) is 3.43. The number of hydrogen-bond donors (Lipinski definition) is 1. The van der Waals surface area contributed by atoms with E-state index in [0.29, 0.717) is 54.5 Å². The molecule has 2 amide bonds. The zero-order valence-corrected chi connectivity index (χ0v) is 16.0. The molecule has 26 heavy (non-hydrogen) atoms. The number of benzene rings is 2. The van der Waals surface area contributed by atoms with Crippen LogP contribution in [0.15, 0.2) is 53.4 Å². The Labute approximate surface area is 164 Å². The number of carbonyl (C=O) groups is 2. The van der Waals surface area contributed by atoms with Gasteiger partial charge in [-0.2, -0.15) is 0 Å². The van der Waals surface area contributed by atoms with E-state index in [1.54, 1.807) is 11.0 Å². The monoisotopic (exact) mass is 388 g/mol. The minimum Gasteiger partial charge on any atom is -0.339 e. The van der Waals surface area contributed by atoms with Crippen LogP contribution in [0, 0.1) is 0 Å². The van der Waals surface area contributed by atoms with Crippen molar-refractivity contribution < 1.29 is 9.59 Å². The molecule has 1 heterocycles. The summed E-state index contributed by atoms with van der Waals surface area (Å²) in [5, 5.41) is 0.698. The van der Waals surface area contributed by atoms with Gasteiger partial charge in [0.05, 0.1) is 5.56 Å². The largest absolute Gasteiger partial charge is 0.339 e. The maximum atomic E-state index is 12.6. The standard InChI is InChI=1S/C20H21ClN2O2S/c21-16-8-5-15(6-9-16)7-10-19(24)22-11-13-23(14-12-22)20(25)17-3-1-2-4-18(17)26/h1-6,8-9,26H,7,10-14H2. The molecular formula is C20H21ClN2O2S. The molecule has 1 fully saturated rings. The molecule has 136 valence electrons. The number of carbonyl (C=O) groups excluding carboxylic acids is 2. The lowest BCUT2D eigenvalue weighted by molar-refractivity contribution is -0.132. The van der Waals surface area contributed by atoms with Gasteiger partial charge < -0.3 is 9.80 Å². The Morgan fingerprint density at radius 2 is 1.54 bits per heavy atom. The molecule has 2 aromatic rings. The molecule has 0 radical (unpaired) electrons. The molecule has 0 spiro atoms. The van der Waals surface area contributed by atoms with Gasteiger partial charge in [0, 0.05) is 42.5 Å². The summed E-state index contributed by atoms with van der Waals surface area (Å²) in [4.78, 5) is 29.3. The van der Waals surface area contributed by atoms with Crippen molar-refractivity contribution in [1.82, 2.24) is 9.80 Å². The highest BCUT2D eigenvalue weighted by molar-refractivity contribution is 7.80. The third kappa shape index (κ3) is 4.59. The molecule has 2 aromatic carbocycles. The summed E-state index contributed by atoms with van der Waals surface area (Å²) < 4.78 is 0. The fraction of sp³-hybridized carbons (Fsp3) is 0.300. The molecule has 0 saturated carbocycles. The zero-order valence-electron chi connectivity index (χ0n) is 14.4. The van der Waals surface area contributed by atoms with Crippen molar-refractivity contribution in [2.75, 3.05) is 26.2 Å². The van der Waals surface area contributed by atoms with Crippen LogP contribution in [0.3, 0.4) is 0 Å². The van der Waals surface area contributed by atoms with Gasteiger partial charge >= 0.3 is 0 Å². The fourth-order valence-electron chi connectivity index (χ4n) is 3.04. The first-order valence-corrected chi connectivity index (χ1v) is 9.46. The van der Waals surface area contributed by atoms with Crippen LogP contribution in [0.1, 0.15) is 22.3 Å². The van der Waals surface area contributed by atoms with Gasteiger partial charge in [-0.25, -0.2) is 0 Å². The molecule has 1 aliphatic rings. The van der Waals surface area contributed by atoms with Gasteiger partial charge in [-0.3, -0.25) is 9.59 Å². The lowest BCUT2D eigenvalue weighted by Crippen LogP contribution is -2.50. The minimum absolute atomic E-state index is 0.0242. The summed E-state index contributed by atoms with van der Waals surface area (Å²) in [5.74, 6) is 0.102. The number of hydrogen-bond acceptors (Lipinski definition) is 3. The van der Waals surface area contributed by atoms with E-state index < -0.39 is 0 Å². The van der Waals surface area contributed by atoms with Crippen molar-refractivity contribution in [3.05, 3.63) is 64.7 Å². The van der Waals surface area contributed by atoms with Gasteiger partial charge in [-0.05, 0) is 36.2 Å². The number of piperazine rings is 1. The van der Waals surface area contributed by atoms with Gasteiger partial charge in [-0.15, -0.1) is 12.6 Å². The Morgan fingerprint density at radius 3 is 2.19 bits per heavy atom.